The van der Waals surface area contributed by atoms with Crippen LogP contribution in [0.3, 0.4) is 0 Å². The first-order valence-electron chi connectivity index (χ1n) is 9.06. The van der Waals surface area contributed by atoms with Crippen molar-refractivity contribution < 1.29 is 18.8 Å². The molecule has 8 nitrogen and oxygen atoms in total. The first-order chi connectivity index (χ1) is 15.0. The van der Waals surface area contributed by atoms with Gasteiger partial charge in [0.25, 0.3) is 10.5 Å². The topological polar surface area (TPSA) is 105 Å². The quantitative estimate of drug-likeness (QED) is 0.505. The average Bonchev–Trinajstić information content (AvgIpc) is 3.36. The molecule has 11 heteroatoms. The molecule has 3 amide bonds. The highest BCUT2D eigenvalue weighted by Gasteiger charge is 2.29. The van der Waals surface area contributed by atoms with E-state index in [9.17, 15) is 14.4 Å². The van der Waals surface area contributed by atoms with Gasteiger partial charge in [0.2, 0.25) is 17.7 Å². The summed E-state index contributed by atoms with van der Waals surface area (Å²) < 4.78 is 5.56. The maximum atomic E-state index is 12.2. The Morgan fingerprint density at radius 3 is 2.55 bits per heavy atom. The third-order valence-electron chi connectivity index (χ3n) is 4.24. The molecule has 3 aromatic rings. The molecule has 0 saturated carbocycles. The predicted molar refractivity (Wildman–Crippen MR) is 119 cm³/mol. The number of rotatable bonds is 7. The van der Waals surface area contributed by atoms with Crippen molar-refractivity contribution >= 4 is 57.9 Å². The number of benzene rings is 2. The fourth-order valence-corrected chi connectivity index (χ4v) is 4.13. The molecule has 0 aliphatic carbocycles. The highest BCUT2D eigenvalue weighted by atomic mass is 35.5. The van der Waals surface area contributed by atoms with Crippen LogP contribution < -0.4 is 5.32 Å². The number of anilines is 1. The smallest absolute Gasteiger partial charge is 0.289 e. The number of imide groups is 1. The number of carbonyl (C=O) groups excluding carboxylic acids is 3. The van der Waals surface area contributed by atoms with Gasteiger partial charge < -0.3 is 9.73 Å². The Balaban J connectivity index is 1.28. The van der Waals surface area contributed by atoms with Gasteiger partial charge in [-0.25, -0.2) is 0 Å². The minimum absolute atomic E-state index is 0.0952. The Morgan fingerprint density at radius 2 is 1.87 bits per heavy atom. The number of halogens is 1. The summed E-state index contributed by atoms with van der Waals surface area (Å²) in [5.41, 5.74) is 2.15. The van der Waals surface area contributed by atoms with Gasteiger partial charge in [-0.3, -0.25) is 19.3 Å². The Hall–Kier alpha value is -2.82. The summed E-state index contributed by atoms with van der Waals surface area (Å²) in [5.74, 6) is 0.211. The fraction of sp³-hybridized carbons (Fsp3) is 0.150. The summed E-state index contributed by atoms with van der Waals surface area (Å²) in [6, 6.07) is 14.0. The monoisotopic (exact) mass is 474 g/mol. The molecule has 0 spiro atoms. The number of aromatic nitrogens is 2. The lowest BCUT2D eigenvalue weighted by Crippen LogP contribution is -2.27. The van der Waals surface area contributed by atoms with Crippen molar-refractivity contribution in [2.75, 3.05) is 16.8 Å². The molecular formula is C20H15ClN4O4S2. The minimum Gasteiger partial charge on any atom is -0.411 e. The van der Waals surface area contributed by atoms with Gasteiger partial charge in [-0.05, 0) is 42.0 Å². The van der Waals surface area contributed by atoms with Gasteiger partial charge in [0.15, 0.2) is 0 Å². The van der Waals surface area contributed by atoms with Gasteiger partial charge in [0.05, 0.1) is 18.1 Å². The normalized spacial score (nSPS) is 13.6. The highest BCUT2D eigenvalue weighted by molar-refractivity contribution is 8.14. The molecule has 1 fully saturated rings. The molecule has 1 aliphatic heterocycles. The lowest BCUT2D eigenvalue weighted by molar-refractivity contribution is -0.125. The van der Waals surface area contributed by atoms with Crippen molar-refractivity contribution in [3.05, 3.63) is 59.1 Å². The molecule has 158 valence electrons. The predicted octanol–water partition coefficient (Wildman–Crippen LogP) is 4.32. The number of nitrogens with one attached hydrogen (secondary N) is 1. The molecule has 2 aromatic carbocycles. The number of thioether (sulfide) groups is 2. The number of hydrogen-bond acceptors (Lipinski definition) is 8. The number of nitrogens with zero attached hydrogens (tertiary/aromatic N) is 3. The maximum absolute atomic E-state index is 12.2. The number of carbonyl (C=O) groups is 3. The van der Waals surface area contributed by atoms with Crippen molar-refractivity contribution in [2.24, 2.45) is 0 Å². The van der Waals surface area contributed by atoms with E-state index >= 15 is 0 Å². The Morgan fingerprint density at radius 1 is 1.13 bits per heavy atom. The van der Waals surface area contributed by atoms with Gasteiger partial charge >= 0.3 is 0 Å². The van der Waals surface area contributed by atoms with Crippen LogP contribution in [0.1, 0.15) is 5.56 Å². The molecule has 0 radical (unpaired) electrons. The van der Waals surface area contributed by atoms with Crippen LogP contribution >= 0.6 is 35.1 Å². The van der Waals surface area contributed by atoms with Crippen molar-refractivity contribution in [1.82, 2.24) is 15.1 Å². The fourth-order valence-electron chi connectivity index (χ4n) is 2.71. The SMILES string of the molecule is O=C(CSc1nnc(-c2ccc(Cl)cc2)o1)Nc1ccc(CN2C(=O)CSC2=O)cc1. The van der Waals surface area contributed by atoms with E-state index in [0.29, 0.717) is 16.6 Å². The summed E-state index contributed by atoms with van der Waals surface area (Å²) in [7, 11) is 0. The van der Waals surface area contributed by atoms with Crippen LogP contribution in [0, 0.1) is 0 Å². The van der Waals surface area contributed by atoms with Gasteiger partial charge in [-0.2, -0.15) is 0 Å². The molecule has 0 bridgehead atoms. The Labute approximate surface area is 190 Å². The zero-order valence-electron chi connectivity index (χ0n) is 15.9. The van der Waals surface area contributed by atoms with E-state index in [1.165, 1.54) is 4.90 Å². The zero-order valence-corrected chi connectivity index (χ0v) is 18.3. The molecule has 31 heavy (non-hydrogen) atoms. The molecule has 0 unspecified atom stereocenters. The second kappa shape index (κ2) is 9.54. The molecule has 1 saturated heterocycles. The van der Waals surface area contributed by atoms with E-state index in [1.54, 1.807) is 48.5 Å². The van der Waals surface area contributed by atoms with E-state index in [0.717, 1.165) is 34.7 Å². The molecule has 1 N–H and O–H groups in total. The van der Waals surface area contributed by atoms with Crippen LogP contribution in [0.2, 0.25) is 5.02 Å². The third-order valence-corrected chi connectivity index (χ3v) is 6.17. The average molecular weight is 475 g/mol. The molecule has 1 aromatic heterocycles. The molecule has 2 heterocycles. The lowest BCUT2D eigenvalue weighted by Gasteiger charge is -2.13. The maximum Gasteiger partial charge on any atom is 0.289 e. The van der Waals surface area contributed by atoms with Gasteiger partial charge in [-0.1, -0.05) is 47.3 Å². The van der Waals surface area contributed by atoms with Crippen molar-refractivity contribution in [3.8, 4) is 11.5 Å². The van der Waals surface area contributed by atoms with Crippen molar-refractivity contribution in [3.63, 3.8) is 0 Å². The third kappa shape index (κ3) is 5.46. The van der Waals surface area contributed by atoms with Crippen molar-refractivity contribution in [1.29, 1.82) is 0 Å². The minimum atomic E-state index is -0.236. The molecule has 1 aliphatic rings. The Kier molecular flexibility index (Phi) is 6.59. The van der Waals surface area contributed by atoms with Crippen LogP contribution in [0.15, 0.2) is 58.2 Å². The van der Waals surface area contributed by atoms with Crippen LogP contribution in [-0.4, -0.2) is 43.7 Å². The van der Waals surface area contributed by atoms with Crippen molar-refractivity contribution in [2.45, 2.75) is 11.8 Å². The summed E-state index contributed by atoms with van der Waals surface area (Å²) in [6.07, 6.45) is 0. The van der Waals surface area contributed by atoms with Crippen LogP contribution in [0.4, 0.5) is 10.5 Å². The summed E-state index contributed by atoms with van der Waals surface area (Å²) in [4.78, 5) is 36.8. The summed E-state index contributed by atoms with van der Waals surface area (Å²) >= 11 is 8.00. The van der Waals surface area contributed by atoms with Crippen LogP contribution in [-0.2, 0) is 16.1 Å². The van der Waals surface area contributed by atoms with E-state index in [4.69, 9.17) is 16.0 Å². The lowest BCUT2D eigenvalue weighted by atomic mass is 10.2. The van der Waals surface area contributed by atoms with Crippen LogP contribution in [0.25, 0.3) is 11.5 Å². The second-order valence-corrected chi connectivity index (χ2v) is 8.74. The number of amides is 3. The molecule has 4 rings (SSSR count). The van der Waals surface area contributed by atoms with E-state index in [-0.39, 0.29) is 40.3 Å². The van der Waals surface area contributed by atoms with Gasteiger partial charge in [-0.15, -0.1) is 10.2 Å². The standard InChI is InChI=1S/C20H15ClN4O4S2/c21-14-5-3-13(4-6-14)18-23-24-19(29-18)30-10-16(26)22-15-7-1-12(2-8-15)9-25-17(27)11-31-20(25)28/h1-8H,9-11H2,(H,22,26). The zero-order chi connectivity index (χ0) is 21.8. The first kappa shape index (κ1) is 21.4. The van der Waals surface area contributed by atoms with E-state index in [1.807, 2.05) is 0 Å². The summed E-state index contributed by atoms with van der Waals surface area (Å²) in [5, 5.41) is 11.4. The molecule has 0 atom stereocenters. The highest BCUT2D eigenvalue weighted by Crippen LogP contribution is 2.25. The Bertz CT molecular complexity index is 1100. The summed E-state index contributed by atoms with van der Waals surface area (Å²) in [6.45, 7) is 0.224. The second-order valence-electron chi connectivity index (χ2n) is 6.45. The van der Waals surface area contributed by atoms with Crippen LogP contribution in [0.5, 0.6) is 0 Å². The number of hydrogen-bond donors (Lipinski definition) is 1. The van der Waals surface area contributed by atoms with Gasteiger partial charge in [0.1, 0.15) is 0 Å². The first-order valence-corrected chi connectivity index (χ1v) is 11.4. The molecular weight excluding hydrogens is 460 g/mol. The van der Waals surface area contributed by atoms with E-state index < -0.39 is 0 Å². The van der Waals surface area contributed by atoms with Gasteiger partial charge in [0, 0.05) is 16.3 Å². The van der Waals surface area contributed by atoms with E-state index in [2.05, 4.69) is 15.5 Å². The largest absolute Gasteiger partial charge is 0.411 e.